The lowest BCUT2D eigenvalue weighted by Gasteiger charge is -2.26. The molecule has 0 saturated carbocycles. The van der Waals surface area contributed by atoms with Gasteiger partial charge in [-0.2, -0.15) is 0 Å². The molecule has 0 spiro atoms. The number of para-hydroxylation sites is 2. The second-order valence-electron chi connectivity index (χ2n) is 10.8. The first-order valence-electron chi connectivity index (χ1n) is 14.0. The van der Waals surface area contributed by atoms with Gasteiger partial charge in [-0.1, -0.05) is 103 Å². The number of rotatable bonds is 1. The van der Waals surface area contributed by atoms with Crippen LogP contribution in [0.4, 0.5) is 0 Å². The van der Waals surface area contributed by atoms with Crippen molar-refractivity contribution >= 4 is 44.1 Å². The van der Waals surface area contributed by atoms with Gasteiger partial charge in [0.15, 0.2) is 0 Å². The Labute approximate surface area is 232 Å². The Morgan fingerprint density at radius 3 is 2.12 bits per heavy atom. The van der Waals surface area contributed by atoms with Gasteiger partial charge in [0.25, 0.3) is 0 Å². The van der Waals surface area contributed by atoms with Gasteiger partial charge in [0.1, 0.15) is 5.58 Å². The smallest absolute Gasteiger partial charge is 0.213 e. The molecule has 40 heavy (non-hydrogen) atoms. The summed E-state index contributed by atoms with van der Waals surface area (Å²) in [4.78, 5) is 0. The molecule has 0 atom stereocenters. The normalized spacial score (nSPS) is 14.1. The maximum absolute atomic E-state index is 6.56. The van der Waals surface area contributed by atoms with Gasteiger partial charge in [-0.15, -0.1) is 0 Å². The van der Waals surface area contributed by atoms with Crippen LogP contribution in [0, 0.1) is 0 Å². The van der Waals surface area contributed by atoms with Crippen LogP contribution in [0.25, 0.3) is 72.1 Å². The Kier molecular flexibility index (Phi) is 4.48. The van der Waals surface area contributed by atoms with Crippen LogP contribution in [0.1, 0.15) is 24.0 Å². The molecule has 2 aliphatic carbocycles. The second kappa shape index (κ2) is 8.21. The quantitative estimate of drug-likeness (QED) is 0.214. The van der Waals surface area contributed by atoms with Gasteiger partial charge >= 0.3 is 0 Å². The number of furan rings is 1. The molecular weight excluding hydrogens is 486 g/mol. The van der Waals surface area contributed by atoms with Crippen LogP contribution >= 0.6 is 0 Å². The Hall–Kier alpha value is -5.08. The van der Waals surface area contributed by atoms with E-state index in [4.69, 9.17) is 4.42 Å². The predicted molar refractivity (Wildman–Crippen MR) is 167 cm³/mol. The number of nitrogens with zero attached hydrogens (tertiary/aromatic N) is 1. The molecule has 0 unspecified atom stereocenters. The topological polar surface area (TPSA) is 18.1 Å². The predicted octanol–water partition coefficient (Wildman–Crippen LogP) is 10.4. The fraction of sp³-hybridized carbons (Fsp3) is 0.0526. The van der Waals surface area contributed by atoms with Gasteiger partial charge in [-0.3, -0.25) is 4.57 Å². The van der Waals surface area contributed by atoms with Crippen molar-refractivity contribution < 1.29 is 4.42 Å². The van der Waals surface area contributed by atoms with Crippen LogP contribution in [0.3, 0.4) is 0 Å². The number of aromatic nitrogens is 1. The highest BCUT2D eigenvalue weighted by Crippen LogP contribution is 2.48. The first kappa shape index (κ1) is 21.8. The van der Waals surface area contributed by atoms with E-state index in [0.29, 0.717) is 0 Å². The minimum absolute atomic E-state index is 0.893. The number of benzene rings is 5. The summed E-state index contributed by atoms with van der Waals surface area (Å²) < 4.78 is 8.85. The van der Waals surface area contributed by atoms with Gasteiger partial charge in [-0.05, 0) is 81.6 Å². The summed E-state index contributed by atoms with van der Waals surface area (Å²) in [7, 11) is 0. The molecular formula is C38H25NO. The number of hydrogen-bond acceptors (Lipinski definition) is 1. The standard InChI is InChI=1S/C38H25NO/c1-2-12-26-25(11-1)27-13-3-4-15-29(27)31-22-21-24(23-34(31)30-16-6-5-14-28(26)30)39-35-19-9-7-17-32(35)37-33-18-8-10-20-36(33)40-38(37)39/h1,3-11,13-23H,2,12H2. The zero-order chi connectivity index (χ0) is 26.2. The van der Waals surface area contributed by atoms with Crippen molar-refractivity contribution in [3.05, 3.63) is 139 Å². The van der Waals surface area contributed by atoms with E-state index in [2.05, 4.69) is 126 Å². The summed E-state index contributed by atoms with van der Waals surface area (Å²) in [6.07, 6.45) is 6.77. The zero-order valence-corrected chi connectivity index (χ0v) is 21.9. The Balaban J connectivity index is 1.39. The average Bonchev–Trinajstić information content (AvgIpc) is 3.55. The van der Waals surface area contributed by atoms with Crippen molar-refractivity contribution in [2.75, 3.05) is 0 Å². The van der Waals surface area contributed by atoms with Crippen LogP contribution in [0.15, 0.2) is 132 Å². The molecule has 9 rings (SSSR count). The van der Waals surface area contributed by atoms with Gasteiger partial charge in [0, 0.05) is 16.5 Å². The van der Waals surface area contributed by atoms with Crippen molar-refractivity contribution in [3.8, 4) is 27.9 Å². The van der Waals surface area contributed by atoms with Crippen LogP contribution in [-0.4, -0.2) is 4.57 Å². The highest BCUT2D eigenvalue weighted by atomic mass is 16.3. The molecule has 188 valence electrons. The summed E-state index contributed by atoms with van der Waals surface area (Å²) in [6.45, 7) is 0. The Morgan fingerprint density at radius 2 is 1.25 bits per heavy atom. The molecule has 2 aliphatic rings. The summed E-state index contributed by atoms with van der Waals surface area (Å²) >= 11 is 0. The number of allylic oxidation sites excluding steroid dienone is 4. The minimum Gasteiger partial charge on any atom is -0.439 e. The summed E-state index contributed by atoms with van der Waals surface area (Å²) in [6, 6.07) is 41.7. The van der Waals surface area contributed by atoms with Gasteiger partial charge < -0.3 is 4.42 Å². The van der Waals surface area contributed by atoms with E-state index < -0.39 is 0 Å². The molecule has 2 heterocycles. The summed E-state index contributed by atoms with van der Waals surface area (Å²) in [5, 5.41) is 3.54. The van der Waals surface area contributed by atoms with E-state index in [1.807, 2.05) is 6.07 Å². The highest BCUT2D eigenvalue weighted by molar-refractivity contribution is 6.20. The van der Waals surface area contributed by atoms with Gasteiger partial charge in [0.05, 0.1) is 10.9 Å². The molecule has 0 fully saturated rings. The maximum Gasteiger partial charge on any atom is 0.213 e. The van der Waals surface area contributed by atoms with Gasteiger partial charge in [0.2, 0.25) is 5.71 Å². The van der Waals surface area contributed by atoms with Crippen LogP contribution in [0.2, 0.25) is 0 Å². The molecule has 7 aromatic rings. The van der Waals surface area contributed by atoms with Crippen LogP contribution < -0.4 is 0 Å². The monoisotopic (exact) mass is 511 g/mol. The molecule has 2 aromatic heterocycles. The Morgan fingerprint density at radius 1 is 0.575 bits per heavy atom. The van der Waals surface area contributed by atoms with Crippen molar-refractivity contribution in [1.82, 2.24) is 4.57 Å². The molecule has 0 N–H and O–H groups in total. The number of hydrogen-bond donors (Lipinski definition) is 0. The largest absolute Gasteiger partial charge is 0.439 e. The SMILES string of the molecule is C1=CC2=C(CC1)c1ccccc1-c1cc(-n3c4ccccc4c4c5ccccc5oc43)ccc1-c1ccccc12. The maximum atomic E-state index is 6.56. The third-order valence-electron chi connectivity index (χ3n) is 8.68. The molecule has 0 radical (unpaired) electrons. The lowest BCUT2D eigenvalue weighted by molar-refractivity contribution is 0.645. The molecule has 0 amide bonds. The van der Waals surface area contributed by atoms with Crippen LogP contribution in [0.5, 0.6) is 0 Å². The van der Waals surface area contributed by atoms with Gasteiger partial charge in [-0.25, -0.2) is 0 Å². The van der Waals surface area contributed by atoms with Crippen molar-refractivity contribution in [1.29, 1.82) is 0 Å². The first-order valence-corrected chi connectivity index (χ1v) is 14.0. The lowest BCUT2D eigenvalue weighted by atomic mass is 9.78. The molecule has 0 saturated heterocycles. The average molecular weight is 512 g/mol. The van der Waals surface area contributed by atoms with E-state index in [9.17, 15) is 0 Å². The lowest BCUT2D eigenvalue weighted by Crippen LogP contribution is -2.03. The molecule has 2 heteroatoms. The fourth-order valence-electron chi connectivity index (χ4n) is 6.96. The molecule has 0 bridgehead atoms. The molecule has 5 aromatic carbocycles. The summed E-state index contributed by atoms with van der Waals surface area (Å²) in [5.74, 6) is 0. The van der Waals surface area contributed by atoms with Crippen molar-refractivity contribution in [2.45, 2.75) is 12.8 Å². The number of fused-ring (bicyclic) bond motifs is 12. The van der Waals surface area contributed by atoms with Crippen LogP contribution in [-0.2, 0) is 0 Å². The first-order chi connectivity index (χ1) is 19.9. The Bertz CT molecular complexity index is 2220. The minimum atomic E-state index is 0.893. The second-order valence-corrected chi connectivity index (χ2v) is 10.8. The van der Waals surface area contributed by atoms with E-state index in [1.54, 1.807) is 0 Å². The van der Waals surface area contributed by atoms with E-state index in [1.165, 1.54) is 55.3 Å². The molecule has 2 nitrogen and oxygen atoms in total. The van der Waals surface area contributed by atoms with Crippen molar-refractivity contribution in [3.63, 3.8) is 0 Å². The summed E-state index contributed by atoms with van der Waals surface area (Å²) in [5.41, 5.74) is 14.6. The third-order valence-corrected chi connectivity index (χ3v) is 8.68. The molecule has 0 aliphatic heterocycles. The highest BCUT2D eigenvalue weighted by Gasteiger charge is 2.25. The van der Waals surface area contributed by atoms with E-state index >= 15 is 0 Å². The van der Waals surface area contributed by atoms with Crippen molar-refractivity contribution in [2.24, 2.45) is 0 Å². The fourth-order valence-corrected chi connectivity index (χ4v) is 6.96. The zero-order valence-electron chi connectivity index (χ0n) is 21.9. The van der Waals surface area contributed by atoms with E-state index in [-0.39, 0.29) is 0 Å². The van der Waals surface area contributed by atoms with E-state index in [0.717, 1.165) is 40.7 Å². The third kappa shape index (κ3) is 2.93.